The van der Waals surface area contributed by atoms with Gasteiger partial charge in [0.1, 0.15) is 0 Å². The van der Waals surface area contributed by atoms with Crippen LogP contribution >= 0.6 is 11.8 Å². The summed E-state index contributed by atoms with van der Waals surface area (Å²) in [6, 6.07) is 7.87. The van der Waals surface area contributed by atoms with Gasteiger partial charge in [-0.25, -0.2) is 4.79 Å². The van der Waals surface area contributed by atoms with E-state index in [1.54, 1.807) is 7.11 Å². The number of benzene rings is 1. The van der Waals surface area contributed by atoms with Crippen molar-refractivity contribution in [3.63, 3.8) is 0 Å². The molecule has 1 aromatic rings. The Morgan fingerprint density at radius 2 is 2.21 bits per heavy atom. The Hall–Kier alpha value is -1.20. The fraction of sp³-hybridized carbons (Fsp3) is 0.500. The number of ether oxygens (including phenoxy) is 1. The van der Waals surface area contributed by atoms with Crippen molar-refractivity contribution >= 4 is 23.5 Å². The van der Waals surface area contributed by atoms with Gasteiger partial charge < -0.3 is 15.4 Å². The first-order valence-corrected chi connectivity index (χ1v) is 7.50. The summed E-state index contributed by atoms with van der Waals surface area (Å²) in [7, 11) is 1.71. The minimum atomic E-state index is -0.167. The van der Waals surface area contributed by atoms with E-state index >= 15 is 0 Å². The lowest BCUT2D eigenvalue weighted by Gasteiger charge is -2.11. The highest BCUT2D eigenvalue weighted by Crippen LogP contribution is 2.16. The van der Waals surface area contributed by atoms with E-state index in [4.69, 9.17) is 4.74 Å². The number of thioether (sulfide) groups is 1. The third-order valence-electron chi connectivity index (χ3n) is 2.31. The highest BCUT2D eigenvalue weighted by molar-refractivity contribution is 7.98. The average molecular weight is 282 g/mol. The van der Waals surface area contributed by atoms with Gasteiger partial charge in [0.15, 0.2) is 0 Å². The van der Waals surface area contributed by atoms with Crippen LogP contribution in [-0.2, 0) is 10.5 Å². The van der Waals surface area contributed by atoms with Crippen molar-refractivity contribution in [3.8, 4) is 0 Å². The molecule has 0 aromatic heterocycles. The molecular weight excluding hydrogens is 260 g/mol. The summed E-state index contributed by atoms with van der Waals surface area (Å²) in [4.78, 5) is 11.6. The minimum Gasteiger partial charge on any atom is -0.384 e. The molecule has 0 aliphatic rings. The Bertz CT molecular complexity index is 397. The third-order valence-corrected chi connectivity index (χ3v) is 3.30. The number of amides is 2. The zero-order chi connectivity index (χ0) is 14.1. The standard InChI is InChI=1S/C14H22N2O2S/c1-11(2)15-14(17)16-13-6-4-5-12(9-13)10-19-8-7-18-3/h4-6,9,11H,7-8,10H2,1-3H3,(H2,15,16,17). The van der Waals surface area contributed by atoms with Gasteiger partial charge in [-0.15, -0.1) is 0 Å². The molecule has 0 aliphatic heterocycles. The fourth-order valence-corrected chi connectivity index (χ4v) is 2.34. The largest absolute Gasteiger partial charge is 0.384 e. The van der Waals surface area contributed by atoms with Crippen LogP contribution < -0.4 is 10.6 Å². The molecule has 0 aliphatic carbocycles. The zero-order valence-electron chi connectivity index (χ0n) is 11.7. The lowest BCUT2D eigenvalue weighted by atomic mass is 10.2. The Labute approximate surface area is 119 Å². The molecule has 0 bridgehead atoms. The van der Waals surface area contributed by atoms with Gasteiger partial charge in [-0.05, 0) is 31.5 Å². The lowest BCUT2D eigenvalue weighted by molar-refractivity contribution is 0.218. The van der Waals surface area contributed by atoms with Crippen LogP contribution in [0.4, 0.5) is 10.5 Å². The van der Waals surface area contributed by atoms with Gasteiger partial charge in [0.05, 0.1) is 6.61 Å². The van der Waals surface area contributed by atoms with Gasteiger partial charge in [-0.2, -0.15) is 11.8 Å². The molecule has 4 nitrogen and oxygen atoms in total. The van der Waals surface area contributed by atoms with Crippen LogP contribution in [0.3, 0.4) is 0 Å². The van der Waals surface area contributed by atoms with Crippen LogP contribution in [0.15, 0.2) is 24.3 Å². The molecule has 0 atom stereocenters. The molecule has 0 heterocycles. The zero-order valence-corrected chi connectivity index (χ0v) is 12.5. The maximum atomic E-state index is 11.6. The van der Waals surface area contributed by atoms with Gasteiger partial charge in [-0.1, -0.05) is 12.1 Å². The second-order valence-electron chi connectivity index (χ2n) is 4.50. The van der Waals surface area contributed by atoms with Gasteiger partial charge >= 0.3 is 6.03 Å². The number of carbonyl (C=O) groups excluding carboxylic acids is 1. The fourth-order valence-electron chi connectivity index (χ4n) is 1.50. The maximum absolute atomic E-state index is 11.6. The highest BCUT2D eigenvalue weighted by atomic mass is 32.2. The molecule has 0 fully saturated rings. The Kier molecular flexibility index (Phi) is 7.36. The molecule has 1 rings (SSSR count). The number of carbonyl (C=O) groups is 1. The Balaban J connectivity index is 2.45. The number of urea groups is 1. The quantitative estimate of drug-likeness (QED) is 0.756. The molecule has 0 saturated heterocycles. The topological polar surface area (TPSA) is 50.4 Å². The number of hydrogen-bond donors (Lipinski definition) is 2. The minimum absolute atomic E-state index is 0.132. The average Bonchev–Trinajstić information content (AvgIpc) is 2.34. The van der Waals surface area contributed by atoms with Crippen molar-refractivity contribution in [3.05, 3.63) is 29.8 Å². The van der Waals surface area contributed by atoms with Crippen molar-refractivity contribution in [2.75, 3.05) is 24.8 Å². The van der Waals surface area contributed by atoms with Crippen LogP contribution in [-0.4, -0.2) is 31.5 Å². The molecule has 2 N–H and O–H groups in total. The molecule has 19 heavy (non-hydrogen) atoms. The molecule has 0 unspecified atom stereocenters. The summed E-state index contributed by atoms with van der Waals surface area (Å²) in [5.41, 5.74) is 2.02. The number of methoxy groups -OCH3 is 1. The monoisotopic (exact) mass is 282 g/mol. The second-order valence-corrected chi connectivity index (χ2v) is 5.60. The van der Waals surface area contributed by atoms with Crippen molar-refractivity contribution in [1.82, 2.24) is 5.32 Å². The molecule has 0 radical (unpaired) electrons. The first-order valence-electron chi connectivity index (χ1n) is 6.35. The molecule has 106 valence electrons. The van der Waals surface area contributed by atoms with Crippen LogP contribution in [0.25, 0.3) is 0 Å². The van der Waals surface area contributed by atoms with E-state index in [9.17, 15) is 4.79 Å². The van der Waals surface area contributed by atoms with Crippen molar-refractivity contribution < 1.29 is 9.53 Å². The summed E-state index contributed by atoms with van der Waals surface area (Å²) >= 11 is 1.82. The van der Waals surface area contributed by atoms with E-state index in [2.05, 4.69) is 16.7 Å². The van der Waals surface area contributed by atoms with Gasteiger partial charge in [0, 0.05) is 30.3 Å². The summed E-state index contributed by atoms with van der Waals surface area (Å²) in [5.74, 6) is 1.90. The predicted molar refractivity (Wildman–Crippen MR) is 81.8 cm³/mol. The number of anilines is 1. The molecule has 0 saturated carbocycles. The van der Waals surface area contributed by atoms with Crippen LogP contribution in [0.5, 0.6) is 0 Å². The van der Waals surface area contributed by atoms with E-state index in [-0.39, 0.29) is 12.1 Å². The van der Waals surface area contributed by atoms with E-state index in [0.717, 1.165) is 23.8 Å². The number of rotatable bonds is 7. The number of nitrogens with one attached hydrogen (secondary N) is 2. The smallest absolute Gasteiger partial charge is 0.319 e. The first-order chi connectivity index (χ1) is 9.11. The van der Waals surface area contributed by atoms with E-state index in [1.165, 1.54) is 5.56 Å². The number of hydrogen-bond acceptors (Lipinski definition) is 3. The summed E-state index contributed by atoms with van der Waals surface area (Å²) in [6.07, 6.45) is 0. The normalized spacial score (nSPS) is 10.5. The van der Waals surface area contributed by atoms with Crippen molar-refractivity contribution in [1.29, 1.82) is 0 Å². The van der Waals surface area contributed by atoms with Crippen LogP contribution in [0.2, 0.25) is 0 Å². The molecular formula is C14H22N2O2S. The van der Waals surface area contributed by atoms with Gasteiger partial charge in [-0.3, -0.25) is 0 Å². The van der Waals surface area contributed by atoms with E-state index in [0.29, 0.717) is 0 Å². The van der Waals surface area contributed by atoms with Crippen LogP contribution in [0, 0.1) is 0 Å². The van der Waals surface area contributed by atoms with Crippen LogP contribution in [0.1, 0.15) is 19.4 Å². The molecule has 5 heteroatoms. The van der Waals surface area contributed by atoms with E-state index in [1.807, 2.05) is 43.8 Å². The second kappa shape index (κ2) is 8.82. The summed E-state index contributed by atoms with van der Waals surface area (Å²) < 4.78 is 5.01. The predicted octanol–water partition coefficient (Wildman–Crippen LogP) is 3.10. The van der Waals surface area contributed by atoms with Crippen molar-refractivity contribution in [2.45, 2.75) is 25.6 Å². The Morgan fingerprint density at radius 1 is 1.42 bits per heavy atom. The third kappa shape index (κ3) is 7.08. The van der Waals surface area contributed by atoms with Crippen molar-refractivity contribution in [2.24, 2.45) is 0 Å². The van der Waals surface area contributed by atoms with Gasteiger partial charge in [0.2, 0.25) is 0 Å². The molecule has 1 aromatic carbocycles. The van der Waals surface area contributed by atoms with E-state index < -0.39 is 0 Å². The summed E-state index contributed by atoms with van der Waals surface area (Å²) in [5, 5.41) is 5.63. The summed E-state index contributed by atoms with van der Waals surface area (Å²) in [6.45, 7) is 4.63. The highest BCUT2D eigenvalue weighted by Gasteiger charge is 2.03. The van der Waals surface area contributed by atoms with Gasteiger partial charge in [0.25, 0.3) is 0 Å². The first kappa shape index (κ1) is 15.9. The maximum Gasteiger partial charge on any atom is 0.319 e. The molecule has 0 spiro atoms. The SMILES string of the molecule is COCCSCc1cccc(NC(=O)NC(C)C)c1. The molecule has 2 amide bonds. The lowest BCUT2D eigenvalue weighted by Crippen LogP contribution is -2.34. The Morgan fingerprint density at radius 3 is 2.89 bits per heavy atom.